The van der Waals surface area contributed by atoms with E-state index in [0.717, 1.165) is 47.8 Å². The minimum absolute atomic E-state index is 0.134. The summed E-state index contributed by atoms with van der Waals surface area (Å²) in [6, 6.07) is 11.9. The smallest absolute Gasteiger partial charge is 0.227 e. The first-order valence-electron chi connectivity index (χ1n) is 11.8. The van der Waals surface area contributed by atoms with Crippen LogP contribution in [0.15, 0.2) is 36.4 Å². The second-order valence-corrected chi connectivity index (χ2v) is 9.17. The Hall–Kier alpha value is -2.36. The summed E-state index contributed by atoms with van der Waals surface area (Å²) >= 11 is 0. The molecule has 2 saturated carbocycles. The number of nitrogens with one attached hydrogen (secondary N) is 2. The number of benzene rings is 2. The zero-order valence-corrected chi connectivity index (χ0v) is 18.2. The van der Waals surface area contributed by atoms with E-state index < -0.39 is 0 Å². The molecule has 2 amide bonds. The average Bonchev–Trinajstić information content (AvgIpc) is 3.66. The van der Waals surface area contributed by atoms with Gasteiger partial charge in [-0.1, -0.05) is 63.8 Å². The molecule has 4 heteroatoms. The van der Waals surface area contributed by atoms with Crippen molar-refractivity contribution in [2.75, 3.05) is 10.6 Å². The van der Waals surface area contributed by atoms with Crippen LogP contribution >= 0.6 is 0 Å². The van der Waals surface area contributed by atoms with Crippen molar-refractivity contribution in [3.63, 3.8) is 0 Å². The van der Waals surface area contributed by atoms with Crippen LogP contribution in [0.25, 0.3) is 10.8 Å². The van der Waals surface area contributed by atoms with Gasteiger partial charge in [-0.25, -0.2) is 0 Å². The lowest BCUT2D eigenvalue weighted by Crippen LogP contribution is -2.16. The van der Waals surface area contributed by atoms with E-state index >= 15 is 0 Å². The Morgan fingerprint density at radius 1 is 0.767 bits per heavy atom. The minimum atomic E-state index is 0.134. The standard InChI is InChI=1S/C26H34N2O2/c1-3-5-9-17-15-21(17)25(29)27-23-13-7-12-20-19(23)11-8-14-24(20)28-26(30)22-16-18(22)10-6-4-2/h7-8,11-14,17-18,21-22H,3-6,9-10,15-16H2,1-2H3,(H,27,29)(H,28,30)/t17-,18+,21-,22+. The van der Waals surface area contributed by atoms with Crippen molar-refractivity contribution in [3.8, 4) is 0 Å². The normalized spacial score (nSPS) is 24.5. The summed E-state index contributed by atoms with van der Waals surface area (Å²) in [5.41, 5.74) is 1.67. The fourth-order valence-electron chi connectivity index (χ4n) is 4.69. The third-order valence-electron chi connectivity index (χ3n) is 6.81. The lowest BCUT2D eigenvalue weighted by molar-refractivity contribution is -0.118. The molecule has 2 aliphatic rings. The summed E-state index contributed by atoms with van der Waals surface area (Å²) in [5.74, 6) is 1.68. The molecule has 0 heterocycles. The molecule has 30 heavy (non-hydrogen) atoms. The summed E-state index contributed by atoms with van der Waals surface area (Å²) in [6.07, 6.45) is 9.10. The molecule has 2 aromatic rings. The van der Waals surface area contributed by atoms with Crippen LogP contribution in [0.3, 0.4) is 0 Å². The molecule has 160 valence electrons. The largest absolute Gasteiger partial charge is 0.325 e. The number of rotatable bonds is 10. The summed E-state index contributed by atoms with van der Waals surface area (Å²) in [4.78, 5) is 25.4. The molecule has 4 atom stereocenters. The van der Waals surface area contributed by atoms with Crippen molar-refractivity contribution >= 4 is 34.0 Å². The minimum Gasteiger partial charge on any atom is -0.325 e. The molecule has 0 aliphatic heterocycles. The van der Waals surface area contributed by atoms with Crippen molar-refractivity contribution in [1.29, 1.82) is 0 Å². The maximum atomic E-state index is 12.7. The van der Waals surface area contributed by atoms with Crippen LogP contribution in [0.5, 0.6) is 0 Å². The zero-order chi connectivity index (χ0) is 21.1. The molecular weight excluding hydrogens is 372 g/mol. The molecule has 4 rings (SSSR count). The summed E-state index contributed by atoms with van der Waals surface area (Å²) in [7, 11) is 0. The van der Waals surface area contributed by atoms with Gasteiger partial charge in [0, 0.05) is 34.0 Å². The molecule has 2 aliphatic carbocycles. The van der Waals surface area contributed by atoms with Gasteiger partial charge in [-0.2, -0.15) is 0 Å². The van der Waals surface area contributed by atoms with Crippen molar-refractivity contribution in [3.05, 3.63) is 36.4 Å². The fraction of sp³-hybridized carbons (Fsp3) is 0.538. The van der Waals surface area contributed by atoms with Crippen molar-refractivity contribution in [2.24, 2.45) is 23.7 Å². The zero-order valence-electron chi connectivity index (χ0n) is 18.2. The molecular formula is C26H34N2O2. The van der Waals surface area contributed by atoms with Crippen molar-refractivity contribution in [2.45, 2.75) is 65.2 Å². The predicted octanol–water partition coefficient (Wildman–Crippen LogP) is 6.37. The van der Waals surface area contributed by atoms with Crippen LogP contribution < -0.4 is 10.6 Å². The monoisotopic (exact) mass is 406 g/mol. The Bertz CT molecular complexity index is 847. The van der Waals surface area contributed by atoms with E-state index in [1.165, 1.54) is 25.7 Å². The summed E-state index contributed by atoms with van der Waals surface area (Å²) in [6.45, 7) is 4.39. The van der Waals surface area contributed by atoms with Gasteiger partial charge >= 0.3 is 0 Å². The maximum absolute atomic E-state index is 12.7. The Labute approximate surface area is 179 Å². The van der Waals surface area contributed by atoms with Crippen LogP contribution in [-0.2, 0) is 9.59 Å². The first-order chi connectivity index (χ1) is 14.6. The van der Waals surface area contributed by atoms with Gasteiger partial charge in [0.15, 0.2) is 0 Å². The van der Waals surface area contributed by atoms with E-state index in [2.05, 4.69) is 24.5 Å². The Kier molecular flexibility index (Phi) is 6.40. The number of unbranched alkanes of at least 4 members (excludes halogenated alkanes) is 2. The third-order valence-corrected chi connectivity index (χ3v) is 6.81. The van der Waals surface area contributed by atoms with Crippen LogP contribution in [0.1, 0.15) is 65.2 Å². The molecule has 2 fully saturated rings. The van der Waals surface area contributed by atoms with Crippen molar-refractivity contribution < 1.29 is 9.59 Å². The van der Waals surface area contributed by atoms with Crippen LogP contribution in [0.4, 0.5) is 11.4 Å². The number of hydrogen-bond acceptors (Lipinski definition) is 2. The highest BCUT2D eigenvalue weighted by Crippen LogP contribution is 2.44. The van der Waals surface area contributed by atoms with E-state index in [0.29, 0.717) is 11.8 Å². The topological polar surface area (TPSA) is 58.2 Å². The fourth-order valence-corrected chi connectivity index (χ4v) is 4.69. The lowest BCUT2D eigenvalue weighted by Gasteiger charge is -2.13. The van der Waals surface area contributed by atoms with E-state index in [4.69, 9.17) is 0 Å². The quantitative estimate of drug-likeness (QED) is 0.482. The highest BCUT2D eigenvalue weighted by molar-refractivity contribution is 6.10. The average molecular weight is 407 g/mol. The van der Waals surface area contributed by atoms with Gasteiger partial charge < -0.3 is 10.6 Å². The molecule has 0 spiro atoms. The molecule has 2 aromatic carbocycles. The number of carbonyl (C=O) groups excluding carboxylic acids is 2. The first kappa shape index (κ1) is 20.9. The maximum Gasteiger partial charge on any atom is 0.227 e. The molecule has 0 bridgehead atoms. The van der Waals surface area contributed by atoms with Crippen LogP contribution in [-0.4, -0.2) is 11.8 Å². The van der Waals surface area contributed by atoms with Gasteiger partial charge in [0.2, 0.25) is 11.8 Å². The van der Waals surface area contributed by atoms with Gasteiger partial charge in [0.25, 0.3) is 0 Å². The van der Waals surface area contributed by atoms with Gasteiger partial charge in [-0.05, 0) is 49.7 Å². The number of fused-ring (bicyclic) bond motifs is 1. The second-order valence-electron chi connectivity index (χ2n) is 9.17. The molecule has 0 radical (unpaired) electrons. The van der Waals surface area contributed by atoms with Gasteiger partial charge in [0.05, 0.1) is 0 Å². The number of carbonyl (C=O) groups is 2. The highest BCUT2D eigenvalue weighted by Gasteiger charge is 2.43. The first-order valence-corrected chi connectivity index (χ1v) is 11.8. The van der Waals surface area contributed by atoms with E-state index in [9.17, 15) is 9.59 Å². The molecule has 0 aromatic heterocycles. The molecule has 0 unspecified atom stereocenters. The Morgan fingerprint density at radius 3 is 1.60 bits per heavy atom. The van der Waals surface area contributed by atoms with Gasteiger partial charge in [0.1, 0.15) is 0 Å². The van der Waals surface area contributed by atoms with E-state index in [1.54, 1.807) is 0 Å². The Balaban J connectivity index is 1.43. The molecule has 4 nitrogen and oxygen atoms in total. The number of hydrogen-bond donors (Lipinski definition) is 2. The van der Waals surface area contributed by atoms with Crippen LogP contribution in [0.2, 0.25) is 0 Å². The van der Waals surface area contributed by atoms with Gasteiger partial charge in [-0.3, -0.25) is 9.59 Å². The summed E-state index contributed by atoms with van der Waals surface area (Å²) < 4.78 is 0. The SMILES string of the molecule is CCCC[C@H]1C[C@@H]1C(=O)Nc1cccc2c(NC(=O)[C@@H]3C[C@H]3CCCC)cccc12. The second kappa shape index (κ2) is 9.20. The molecule has 0 saturated heterocycles. The number of amides is 2. The van der Waals surface area contributed by atoms with E-state index in [-0.39, 0.29) is 23.7 Å². The predicted molar refractivity (Wildman–Crippen MR) is 123 cm³/mol. The van der Waals surface area contributed by atoms with Crippen LogP contribution in [0, 0.1) is 23.7 Å². The van der Waals surface area contributed by atoms with Gasteiger partial charge in [-0.15, -0.1) is 0 Å². The summed E-state index contributed by atoms with van der Waals surface area (Å²) in [5, 5.41) is 8.25. The Morgan fingerprint density at radius 2 is 1.20 bits per heavy atom. The van der Waals surface area contributed by atoms with Crippen molar-refractivity contribution in [1.82, 2.24) is 0 Å². The molecule has 2 N–H and O–H groups in total. The lowest BCUT2D eigenvalue weighted by atomic mass is 10.1. The third kappa shape index (κ3) is 4.69. The van der Waals surface area contributed by atoms with E-state index in [1.807, 2.05) is 36.4 Å². The highest BCUT2D eigenvalue weighted by atomic mass is 16.2. The number of anilines is 2.